The minimum absolute atomic E-state index is 0.0216. The second-order valence-electron chi connectivity index (χ2n) is 7.79. The van der Waals surface area contributed by atoms with Gasteiger partial charge in [-0.05, 0) is 48.9 Å². The highest BCUT2D eigenvalue weighted by Crippen LogP contribution is 2.34. The summed E-state index contributed by atoms with van der Waals surface area (Å²) in [4.78, 5) is 27.5. The van der Waals surface area contributed by atoms with Crippen molar-refractivity contribution in [1.82, 2.24) is 9.97 Å². The number of aromatic nitrogens is 2. The molecule has 0 aliphatic carbocycles. The third-order valence-corrected chi connectivity index (χ3v) is 8.13. The first-order valence-electron chi connectivity index (χ1n) is 9.85. The average molecular weight is 538 g/mol. The molecule has 0 amide bonds. The fourth-order valence-corrected chi connectivity index (χ4v) is 5.71. The van der Waals surface area contributed by atoms with Crippen LogP contribution in [0.25, 0.3) is 22.2 Å². The van der Waals surface area contributed by atoms with Crippen LogP contribution in [-0.2, 0) is 19.9 Å². The second kappa shape index (κ2) is 8.63. The molecule has 0 aliphatic heterocycles. The van der Waals surface area contributed by atoms with Gasteiger partial charge in [-0.15, -0.1) is 0 Å². The summed E-state index contributed by atoms with van der Waals surface area (Å²) >= 11 is 6.29. The van der Waals surface area contributed by atoms with Gasteiger partial charge in [-0.25, -0.2) is 21.2 Å². The zero-order valence-electron chi connectivity index (χ0n) is 18.1. The number of benzene rings is 3. The molecule has 4 aromatic rings. The molecule has 0 radical (unpaired) electrons. The zero-order valence-corrected chi connectivity index (χ0v) is 20.5. The maximum atomic E-state index is 14.6. The van der Waals surface area contributed by atoms with Gasteiger partial charge in [-0.1, -0.05) is 23.7 Å². The van der Waals surface area contributed by atoms with Crippen molar-refractivity contribution in [3.63, 3.8) is 0 Å². The SMILES string of the molecule is Cc1cc2[nH]c(=O)c(=O)[nH]c2cc1S(=O)(=O)Nc1ccc(-c2ccc(S(C)(=O)=O)cc2F)c(Cl)c1. The van der Waals surface area contributed by atoms with Crippen LogP contribution < -0.4 is 15.8 Å². The Kier molecular flexibility index (Phi) is 6.07. The molecule has 0 saturated carbocycles. The molecule has 35 heavy (non-hydrogen) atoms. The number of sulfonamides is 1. The predicted molar refractivity (Wildman–Crippen MR) is 131 cm³/mol. The summed E-state index contributed by atoms with van der Waals surface area (Å²) in [7, 11) is -7.74. The van der Waals surface area contributed by atoms with Gasteiger partial charge in [0.05, 0.1) is 31.5 Å². The summed E-state index contributed by atoms with van der Waals surface area (Å²) in [5.41, 5.74) is -0.718. The lowest BCUT2D eigenvalue weighted by atomic mass is 10.0. The van der Waals surface area contributed by atoms with Gasteiger partial charge in [0.2, 0.25) is 0 Å². The van der Waals surface area contributed by atoms with E-state index in [4.69, 9.17) is 11.6 Å². The summed E-state index contributed by atoms with van der Waals surface area (Å²) in [5.74, 6) is -0.804. The first kappa shape index (κ1) is 24.6. The predicted octanol–water partition coefficient (Wildman–Crippen LogP) is 3.19. The standard InChI is InChI=1S/C22H17ClFN3O6S2/c1-11-7-18-19(26-22(29)21(28)25-18)10-20(11)35(32,33)27-12-3-5-14(16(23)8-12)15-6-4-13(9-17(15)24)34(2,30)31/h3-10,27H,1-2H3,(H,25,28)(H,26,29). The summed E-state index contributed by atoms with van der Waals surface area (Å²) in [6.07, 6.45) is 0.962. The maximum Gasteiger partial charge on any atom is 0.314 e. The summed E-state index contributed by atoms with van der Waals surface area (Å²) in [5, 5.41) is 0.0216. The van der Waals surface area contributed by atoms with E-state index >= 15 is 0 Å². The van der Waals surface area contributed by atoms with Crippen LogP contribution in [0.3, 0.4) is 0 Å². The second-order valence-corrected chi connectivity index (χ2v) is 11.9. The monoisotopic (exact) mass is 537 g/mol. The van der Waals surface area contributed by atoms with E-state index in [-0.39, 0.29) is 42.7 Å². The molecule has 0 spiro atoms. The lowest BCUT2D eigenvalue weighted by molar-refractivity contribution is 0.596. The van der Waals surface area contributed by atoms with Crippen molar-refractivity contribution in [2.24, 2.45) is 0 Å². The van der Waals surface area contributed by atoms with E-state index in [1.807, 2.05) is 0 Å². The Bertz CT molecular complexity index is 1850. The topological polar surface area (TPSA) is 146 Å². The lowest BCUT2D eigenvalue weighted by Crippen LogP contribution is -2.29. The number of aryl methyl sites for hydroxylation is 1. The number of aromatic amines is 2. The Morgan fingerprint density at radius 2 is 1.46 bits per heavy atom. The molecule has 9 nitrogen and oxygen atoms in total. The molecule has 0 aliphatic rings. The molecule has 0 fully saturated rings. The molecule has 0 unspecified atom stereocenters. The third kappa shape index (κ3) is 4.85. The molecule has 3 N–H and O–H groups in total. The minimum Gasteiger partial charge on any atom is -0.316 e. The first-order chi connectivity index (χ1) is 16.3. The molecule has 0 saturated heterocycles. The highest BCUT2D eigenvalue weighted by atomic mass is 35.5. The number of nitrogens with one attached hydrogen (secondary N) is 3. The van der Waals surface area contributed by atoms with Crippen molar-refractivity contribution in [3.8, 4) is 11.1 Å². The molecule has 4 rings (SSSR count). The van der Waals surface area contributed by atoms with Crippen LogP contribution in [0.5, 0.6) is 0 Å². The van der Waals surface area contributed by atoms with Crippen LogP contribution in [0, 0.1) is 12.7 Å². The number of fused-ring (bicyclic) bond motifs is 1. The van der Waals surface area contributed by atoms with Gasteiger partial charge < -0.3 is 9.97 Å². The summed E-state index contributed by atoms with van der Waals surface area (Å²) in [6.45, 7) is 1.52. The van der Waals surface area contributed by atoms with E-state index < -0.39 is 36.8 Å². The quantitative estimate of drug-likeness (QED) is 0.333. The van der Waals surface area contributed by atoms with E-state index in [9.17, 15) is 30.8 Å². The average Bonchev–Trinajstić information content (AvgIpc) is 2.74. The number of sulfone groups is 1. The normalized spacial score (nSPS) is 12.1. The number of hydrogen-bond acceptors (Lipinski definition) is 6. The summed E-state index contributed by atoms with van der Waals surface area (Å²) < 4.78 is 66.3. The Hall–Kier alpha value is -3.48. The Balaban J connectivity index is 1.69. The molecule has 0 atom stereocenters. The van der Waals surface area contributed by atoms with E-state index in [1.165, 1.54) is 49.4 Å². The van der Waals surface area contributed by atoms with Crippen molar-refractivity contribution in [2.45, 2.75) is 16.7 Å². The van der Waals surface area contributed by atoms with E-state index in [0.29, 0.717) is 5.56 Å². The highest BCUT2D eigenvalue weighted by molar-refractivity contribution is 7.92. The smallest absolute Gasteiger partial charge is 0.314 e. The number of hydrogen-bond donors (Lipinski definition) is 3. The number of anilines is 1. The molecular formula is C22H17ClFN3O6S2. The van der Waals surface area contributed by atoms with Crippen molar-refractivity contribution < 1.29 is 21.2 Å². The molecule has 182 valence electrons. The fourth-order valence-electron chi connectivity index (χ4n) is 3.49. The van der Waals surface area contributed by atoms with Crippen molar-refractivity contribution in [1.29, 1.82) is 0 Å². The van der Waals surface area contributed by atoms with Gasteiger partial charge in [0.15, 0.2) is 9.84 Å². The maximum absolute atomic E-state index is 14.6. The third-order valence-electron chi connectivity index (χ3n) is 5.19. The highest BCUT2D eigenvalue weighted by Gasteiger charge is 2.20. The van der Waals surface area contributed by atoms with Gasteiger partial charge >= 0.3 is 11.1 Å². The van der Waals surface area contributed by atoms with Crippen molar-refractivity contribution >= 4 is 48.2 Å². The molecular weight excluding hydrogens is 521 g/mol. The van der Waals surface area contributed by atoms with E-state index in [2.05, 4.69) is 14.7 Å². The lowest BCUT2D eigenvalue weighted by Gasteiger charge is -2.13. The Labute approximate surface area is 203 Å². The zero-order chi connectivity index (χ0) is 25.7. The van der Waals surface area contributed by atoms with Crippen LogP contribution in [-0.4, -0.2) is 33.1 Å². The molecule has 1 heterocycles. The van der Waals surface area contributed by atoms with Gasteiger partial charge in [0.25, 0.3) is 10.0 Å². The van der Waals surface area contributed by atoms with Gasteiger partial charge in [0.1, 0.15) is 5.82 Å². The molecule has 13 heteroatoms. The van der Waals surface area contributed by atoms with Gasteiger partial charge in [0, 0.05) is 17.4 Å². The van der Waals surface area contributed by atoms with Gasteiger partial charge in [-0.3, -0.25) is 14.3 Å². The molecule has 1 aromatic heterocycles. The fraction of sp³-hybridized carbons (Fsp3) is 0.0909. The van der Waals surface area contributed by atoms with E-state index in [0.717, 1.165) is 12.3 Å². The van der Waals surface area contributed by atoms with Crippen molar-refractivity contribution in [3.05, 3.63) is 85.6 Å². The summed E-state index contributed by atoms with van der Waals surface area (Å²) in [6, 6.07) is 10.1. The van der Waals surface area contributed by atoms with Crippen LogP contribution in [0.15, 0.2) is 67.9 Å². The molecule has 0 bridgehead atoms. The Morgan fingerprint density at radius 3 is 2.03 bits per heavy atom. The first-order valence-corrected chi connectivity index (χ1v) is 13.6. The van der Waals surface area contributed by atoms with Crippen LogP contribution >= 0.6 is 11.6 Å². The van der Waals surface area contributed by atoms with Crippen LogP contribution in [0.1, 0.15) is 5.56 Å². The van der Waals surface area contributed by atoms with Crippen LogP contribution in [0.2, 0.25) is 5.02 Å². The number of halogens is 2. The molecule has 3 aromatic carbocycles. The van der Waals surface area contributed by atoms with Crippen LogP contribution in [0.4, 0.5) is 10.1 Å². The van der Waals surface area contributed by atoms with Gasteiger partial charge in [-0.2, -0.15) is 0 Å². The Morgan fingerprint density at radius 1 is 0.857 bits per heavy atom. The number of rotatable bonds is 5. The van der Waals surface area contributed by atoms with E-state index in [1.54, 1.807) is 0 Å². The number of H-pyrrole nitrogens is 2. The van der Waals surface area contributed by atoms with Crippen molar-refractivity contribution in [2.75, 3.05) is 11.0 Å². The minimum atomic E-state index is -4.15. The largest absolute Gasteiger partial charge is 0.316 e.